The summed E-state index contributed by atoms with van der Waals surface area (Å²) < 4.78 is 17.2. The Morgan fingerprint density at radius 1 is 0.766 bits per heavy atom. The number of methoxy groups -OCH3 is 1. The van der Waals surface area contributed by atoms with Crippen molar-refractivity contribution in [3.8, 4) is 28.0 Å². The van der Waals surface area contributed by atoms with Crippen molar-refractivity contribution in [2.75, 3.05) is 40.1 Å². The van der Waals surface area contributed by atoms with E-state index in [9.17, 15) is 15.0 Å². The van der Waals surface area contributed by atoms with Crippen LogP contribution in [-0.2, 0) is 40.0 Å². The first-order valence-electron chi connectivity index (χ1n) is 17.4. The fourth-order valence-corrected chi connectivity index (χ4v) is 5.78. The maximum Gasteiger partial charge on any atom is 0.333 e. The fraction of sp³-hybridized carbons (Fsp3) is 0.488. The average molecular weight is 645 g/mol. The van der Waals surface area contributed by atoms with E-state index in [1.807, 2.05) is 0 Å². The van der Waals surface area contributed by atoms with E-state index in [-0.39, 0.29) is 31.7 Å². The molecule has 0 aromatic heterocycles. The van der Waals surface area contributed by atoms with Gasteiger partial charge in [-0.3, -0.25) is 0 Å². The van der Waals surface area contributed by atoms with Gasteiger partial charge in [0.1, 0.15) is 5.75 Å². The first kappa shape index (κ1) is 38.0. The molecular weight excluding hydrogens is 588 g/mol. The van der Waals surface area contributed by atoms with Gasteiger partial charge in [0, 0.05) is 38.4 Å². The summed E-state index contributed by atoms with van der Waals surface area (Å²) in [5.74, 6) is 0.229. The van der Waals surface area contributed by atoms with Crippen LogP contribution in [-0.4, -0.2) is 56.3 Å². The van der Waals surface area contributed by atoms with Crippen molar-refractivity contribution in [3.63, 3.8) is 0 Å². The number of esters is 1. The molecule has 6 heteroatoms. The van der Waals surface area contributed by atoms with Crippen LogP contribution >= 0.6 is 0 Å². The minimum Gasteiger partial charge on any atom is -0.493 e. The van der Waals surface area contributed by atoms with Crippen LogP contribution in [0.5, 0.6) is 5.75 Å². The van der Waals surface area contributed by atoms with Crippen LogP contribution < -0.4 is 4.74 Å². The molecule has 0 atom stereocenters. The van der Waals surface area contributed by atoms with Crippen molar-refractivity contribution in [1.29, 1.82) is 0 Å². The van der Waals surface area contributed by atoms with Gasteiger partial charge in [-0.2, -0.15) is 0 Å². The molecule has 0 aliphatic heterocycles. The molecule has 0 bridgehead atoms. The van der Waals surface area contributed by atoms with Crippen molar-refractivity contribution < 1.29 is 29.2 Å². The zero-order valence-electron chi connectivity index (χ0n) is 29.1. The highest BCUT2D eigenvalue weighted by Gasteiger charge is 2.17. The van der Waals surface area contributed by atoms with Crippen LogP contribution in [0.1, 0.15) is 81.5 Å². The van der Waals surface area contributed by atoms with Crippen molar-refractivity contribution in [2.24, 2.45) is 5.92 Å². The monoisotopic (exact) mass is 644 g/mol. The van der Waals surface area contributed by atoms with Gasteiger partial charge in [0.15, 0.2) is 0 Å². The Bertz CT molecular complexity index is 1390. The molecule has 47 heavy (non-hydrogen) atoms. The van der Waals surface area contributed by atoms with E-state index in [4.69, 9.17) is 14.2 Å². The van der Waals surface area contributed by atoms with E-state index < -0.39 is 0 Å². The van der Waals surface area contributed by atoms with Gasteiger partial charge >= 0.3 is 5.97 Å². The normalized spacial score (nSPS) is 11.2. The van der Waals surface area contributed by atoms with E-state index in [1.54, 1.807) is 14.0 Å². The zero-order valence-corrected chi connectivity index (χ0v) is 29.1. The molecule has 0 amide bonds. The van der Waals surface area contributed by atoms with Gasteiger partial charge in [-0.15, -0.1) is 0 Å². The summed E-state index contributed by atoms with van der Waals surface area (Å²) in [6.07, 6.45) is 9.22. The van der Waals surface area contributed by atoms with Crippen molar-refractivity contribution in [1.82, 2.24) is 0 Å². The predicted octanol–water partition coefficient (Wildman–Crippen LogP) is 8.32. The van der Waals surface area contributed by atoms with Gasteiger partial charge in [-0.05, 0) is 115 Å². The van der Waals surface area contributed by atoms with Crippen molar-refractivity contribution >= 4 is 5.97 Å². The van der Waals surface area contributed by atoms with Crippen LogP contribution in [0.2, 0.25) is 0 Å². The predicted molar refractivity (Wildman–Crippen MR) is 192 cm³/mol. The lowest BCUT2D eigenvalue weighted by Gasteiger charge is -2.21. The Labute approximate surface area is 282 Å². The first-order chi connectivity index (χ1) is 22.8. The Morgan fingerprint density at radius 2 is 1.40 bits per heavy atom. The lowest BCUT2D eigenvalue weighted by atomic mass is 9.89. The fourth-order valence-electron chi connectivity index (χ4n) is 5.78. The second kappa shape index (κ2) is 20.7. The number of aliphatic hydroxyl groups excluding tert-OH is 2. The van der Waals surface area contributed by atoms with Gasteiger partial charge in [0.05, 0.1) is 13.2 Å². The van der Waals surface area contributed by atoms with Crippen LogP contribution in [0.15, 0.2) is 66.7 Å². The number of aliphatic hydroxyl groups is 2. The quantitative estimate of drug-likeness (QED) is 0.0650. The molecule has 0 spiro atoms. The number of ether oxygens (including phenoxy) is 3. The maximum absolute atomic E-state index is 12.0. The molecule has 0 saturated carbocycles. The molecule has 256 valence electrons. The van der Waals surface area contributed by atoms with Gasteiger partial charge in [0.2, 0.25) is 0 Å². The number of carbonyl (C=O) groups excluding carboxylic acids is 1. The highest BCUT2D eigenvalue weighted by Crippen LogP contribution is 2.36. The molecule has 3 aromatic rings. The number of carbonyl (C=O) groups is 1. The topological polar surface area (TPSA) is 85.2 Å². The first-order valence-corrected chi connectivity index (χ1v) is 17.4. The third-order valence-electron chi connectivity index (χ3n) is 8.65. The molecule has 0 heterocycles. The molecule has 2 N–H and O–H groups in total. The maximum atomic E-state index is 12.0. The molecule has 0 saturated heterocycles. The lowest BCUT2D eigenvalue weighted by molar-refractivity contribution is -0.139. The smallest absolute Gasteiger partial charge is 0.333 e. The van der Waals surface area contributed by atoms with Crippen molar-refractivity contribution in [3.05, 3.63) is 89.0 Å². The number of hydrogen-bond acceptors (Lipinski definition) is 6. The van der Waals surface area contributed by atoms with Gasteiger partial charge < -0.3 is 24.4 Å². The highest BCUT2D eigenvalue weighted by atomic mass is 16.5. The zero-order chi connectivity index (χ0) is 34.0. The Balaban J connectivity index is 1.98. The van der Waals surface area contributed by atoms with Crippen molar-refractivity contribution in [2.45, 2.75) is 85.0 Å². The van der Waals surface area contributed by atoms with Crippen LogP contribution in [0.25, 0.3) is 22.3 Å². The van der Waals surface area contributed by atoms with Gasteiger partial charge in [-0.1, -0.05) is 75.7 Å². The largest absolute Gasteiger partial charge is 0.493 e. The minimum atomic E-state index is -0.381. The van der Waals surface area contributed by atoms with E-state index in [0.717, 1.165) is 48.1 Å². The Hall–Kier alpha value is -3.45. The molecule has 0 unspecified atom stereocenters. The van der Waals surface area contributed by atoms with E-state index >= 15 is 0 Å². The molecule has 0 fully saturated rings. The van der Waals surface area contributed by atoms with Crippen LogP contribution in [0, 0.1) is 5.92 Å². The third kappa shape index (κ3) is 11.9. The molecule has 0 radical (unpaired) electrons. The molecule has 3 rings (SSSR count). The van der Waals surface area contributed by atoms with Crippen LogP contribution in [0.4, 0.5) is 0 Å². The summed E-state index contributed by atoms with van der Waals surface area (Å²) in [7, 11) is 1.71. The Morgan fingerprint density at radius 3 is 2.00 bits per heavy atom. The number of benzene rings is 3. The number of rotatable bonds is 22. The molecule has 0 aliphatic rings. The minimum absolute atomic E-state index is 0.0840. The second-order valence-electron chi connectivity index (χ2n) is 12.5. The second-order valence-corrected chi connectivity index (χ2v) is 12.5. The lowest BCUT2D eigenvalue weighted by Crippen LogP contribution is -2.16. The van der Waals surface area contributed by atoms with Crippen LogP contribution in [0.3, 0.4) is 0 Å². The van der Waals surface area contributed by atoms with Gasteiger partial charge in [0.25, 0.3) is 0 Å². The van der Waals surface area contributed by atoms with E-state index in [1.165, 1.54) is 47.1 Å². The summed E-state index contributed by atoms with van der Waals surface area (Å²) >= 11 is 0. The van der Waals surface area contributed by atoms with E-state index in [2.05, 4.69) is 75.0 Å². The summed E-state index contributed by atoms with van der Waals surface area (Å²) in [5.41, 5.74) is 9.98. The average Bonchev–Trinajstić information content (AvgIpc) is 3.09. The third-order valence-corrected chi connectivity index (χ3v) is 8.65. The summed E-state index contributed by atoms with van der Waals surface area (Å²) in [6, 6.07) is 20.2. The number of hydrogen-bond donors (Lipinski definition) is 2. The number of aryl methyl sites for hydroxylation is 4. The summed E-state index contributed by atoms with van der Waals surface area (Å²) in [5, 5.41) is 19.2. The van der Waals surface area contributed by atoms with E-state index in [0.29, 0.717) is 38.0 Å². The standard InChI is InChI=1S/C41H56O6/c1-6-8-9-12-31-15-17-34(18-16-31)35-19-20-39(33(7-2)25-35)38-26-36(13-10-22-45-5)40(46-24-21-32(28-42)29-43)37(27-38)14-11-23-47-41(44)30(3)4/h15-20,25-27,32,42-43H,3,6-14,21-24,28-29H2,1-2,4-5H3. The summed E-state index contributed by atoms with van der Waals surface area (Å²) in [4.78, 5) is 12.0. The van der Waals surface area contributed by atoms with Gasteiger partial charge in [-0.25, -0.2) is 4.79 Å². The molecule has 6 nitrogen and oxygen atoms in total. The molecule has 3 aromatic carbocycles. The SMILES string of the molecule is C=C(C)C(=O)OCCCc1cc(-c2ccc(-c3ccc(CCCCC)cc3)cc2CC)cc(CCCOC)c1OCCC(CO)CO. The number of unbranched alkanes of at least 4 members (excludes halogenated alkanes) is 2. The molecule has 0 aliphatic carbocycles. The summed E-state index contributed by atoms with van der Waals surface area (Å²) in [6.45, 7) is 10.9. The molecular formula is C41H56O6. The highest BCUT2D eigenvalue weighted by molar-refractivity contribution is 5.86. The Kier molecular flexibility index (Phi) is 16.7.